The molecule has 8 heteroatoms. The number of nitro groups is 1. The van der Waals surface area contributed by atoms with Gasteiger partial charge in [0.05, 0.1) is 17.1 Å². The molecule has 0 radical (unpaired) electrons. The fourth-order valence-corrected chi connectivity index (χ4v) is 3.28. The number of rotatable bonds is 3. The first-order valence-electron chi connectivity index (χ1n) is 8.34. The van der Waals surface area contributed by atoms with Crippen LogP contribution in [0.25, 0.3) is 0 Å². The number of nitrogens with one attached hydrogen (secondary N) is 1. The molecule has 1 heterocycles. The van der Waals surface area contributed by atoms with Gasteiger partial charge in [0.1, 0.15) is 11.8 Å². The van der Waals surface area contributed by atoms with Crippen LogP contribution in [0.2, 0.25) is 0 Å². The molecule has 8 nitrogen and oxygen atoms in total. The van der Waals surface area contributed by atoms with Gasteiger partial charge in [0, 0.05) is 11.8 Å². The molecule has 25 heavy (non-hydrogen) atoms. The van der Waals surface area contributed by atoms with Crippen molar-refractivity contribution < 1.29 is 19.6 Å². The number of hydrogen-bond acceptors (Lipinski definition) is 6. The van der Waals surface area contributed by atoms with Crippen molar-refractivity contribution in [1.82, 2.24) is 10.3 Å². The van der Waals surface area contributed by atoms with Crippen LogP contribution in [0.4, 0.5) is 10.5 Å². The predicted octanol–water partition coefficient (Wildman–Crippen LogP) is 2.76. The average Bonchev–Trinajstić information content (AvgIpc) is 2.49. The van der Waals surface area contributed by atoms with E-state index in [0.717, 1.165) is 0 Å². The van der Waals surface area contributed by atoms with Crippen molar-refractivity contribution in [2.45, 2.75) is 64.2 Å². The summed E-state index contributed by atoms with van der Waals surface area (Å²) in [6, 6.07) is 1.11. The molecule has 2 N–H and O–H groups in total. The van der Waals surface area contributed by atoms with Crippen molar-refractivity contribution in [3.05, 3.63) is 34.1 Å². The highest BCUT2D eigenvalue weighted by atomic mass is 16.6. The zero-order chi connectivity index (χ0) is 18.8. The second kappa shape index (κ2) is 7.35. The number of carbonyl (C=O) groups excluding carboxylic acids is 1. The van der Waals surface area contributed by atoms with E-state index in [1.807, 2.05) is 6.92 Å². The van der Waals surface area contributed by atoms with Crippen molar-refractivity contribution in [1.29, 1.82) is 0 Å². The normalized spacial score (nSPS) is 26.8. The molecule has 138 valence electrons. The van der Waals surface area contributed by atoms with Gasteiger partial charge < -0.3 is 15.2 Å². The van der Waals surface area contributed by atoms with Crippen molar-refractivity contribution >= 4 is 11.8 Å². The van der Waals surface area contributed by atoms with Gasteiger partial charge in [-0.1, -0.05) is 6.92 Å². The van der Waals surface area contributed by atoms with Crippen LogP contribution in [0, 0.1) is 16.0 Å². The SMILES string of the molecule is C[C@H]1CC(c2ccncc2[N+](=O)[O-])C[C@@H](NC(=O)OC(C)(C)C)[C@@H]1O. The standard InChI is InChI=1S/C17H25N3O5/c1-10-7-11(12-5-6-18-9-14(12)20(23)24)8-13(15(10)21)19-16(22)25-17(2,3)4/h5-6,9-11,13,15,21H,7-8H2,1-4H3,(H,19,22)/t10-,11?,13+,15+/m0/s1. The van der Waals surface area contributed by atoms with Crippen LogP contribution >= 0.6 is 0 Å². The minimum Gasteiger partial charge on any atom is -0.444 e. The van der Waals surface area contributed by atoms with Crippen LogP contribution in [-0.2, 0) is 4.74 Å². The number of aliphatic hydroxyl groups is 1. The van der Waals surface area contributed by atoms with Gasteiger partial charge in [-0.3, -0.25) is 15.1 Å². The second-order valence-electron chi connectivity index (χ2n) is 7.58. The monoisotopic (exact) mass is 351 g/mol. The van der Waals surface area contributed by atoms with Gasteiger partial charge in [0.15, 0.2) is 0 Å². The Hall–Kier alpha value is -2.22. The average molecular weight is 351 g/mol. The Kier molecular flexibility index (Phi) is 5.62. The Morgan fingerprint density at radius 3 is 2.72 bits per heavy atom. The molecule has 1 fully saturated rings. The smallest absolute Gasteiger partial charge is 0.407 e. The van der Waals surface area contributed by atoms with E-state index in [9.17, 15) is 20.0 Å². The molecule has 1 unspecified atom stereocenters. The topological polar surface area (TPSA) is 115 Å². The summed E-state index contributed by atoms with van der Waals surface area (Å²) in [6.07, 6.45) is 2.42. The lowest BCUT2D eigenvalue weighted by molar-refractivity contribution is -0.386. The fourth-order valence-electron chi connectivity index (χ4n) is 3.28. The summed E-state index contributed by atoms with van der Waals surface area (Å²) in [4.78, 5) is 26.7. The molecule has 0 aromatic carbocycles. The van der Waals surface area contributed by atoms with E-state index in [1.165, 1.54) is 12.4 Å². The Labute approximate surface area is 146 Å². The zero-order valence-corrected chi connectivity index (χ0v) is 14.9. The highest BCUT2D eigenvalue weighted by molar-refractivity contribution is 5.68. The number of carbonyl (C=O) groups is 1. The number of pyridine rings is 1. The molecule has 1 aromatic heterocycles. The number of nitrogens with zero attached hydrogens (tertiary/aromatic N) is 2. The molecular formula is C17H25N3O5. The number of ether oxygens (including phenoxy) is 1. The summed E-state index contributed by atoms with van der Waals surface area (Å²) in [6.45, 7) is 7.15. The van der Waals surface area contributed by atoms with Crippen LogP contribution < -0.4 is 5.32 Å². The maximum absolute atomic E-state index is 12.0. The van der Waals surface area contributed by atoms with Gasteiger partial charge in [-0.25, -0.2) is 4.79 Å². The van der Waals surface area contributed by atoms with E-state index in [0.29, 0.717) is 18.4 Å². The van der Waals surface area contributed by atoms with Crippen molar-refractivity contribution in [2.75, 3.05) is 0 Å². The Morgan fingerprint density at radius 1 is 1.44 bits per heavy atom. The fraction of sp³-hybridized carbons (Fsp3) is 0.647. The first kappa shape index (κ1) is 19.1. The van der Waals surface area contributed by atoms with Gasteiger partial charge in [-0.2, -0.15) is 0 Å². The number of alkyl carbamates (subject to hydrolysis) is 1. The third-order valence-corrected chi connectivity index (χ3v) is 4.36. The Morgan fingerprint density at radius 2 is 2.12 bits per heavy atom. The second-order valence-corrected chi connectivity index (χ2v) is 7.58. The summed E-state index contributed by atoms with van der Waals surface area (Å²) in [7, 11) is 0. The molecule has 1 aromatic rings. The number of hydrogen-bond donors (Lipinski definition) is 2. The summed E-state index contributed by atoms with van der Waals surface area (Å²) < 4.78 is 5.25. The van der Waals surface area contributed by atoms with E-state index >= 15 is 0 Å². The summed E-state index contributed by atoms with van der Waals surface area (Å²) >= 11 is 0. The lowest BCUT2D eigenvalue weighted by Gasteiger charge is -2.38. The van der Waals surface area contributed by atoms with Gasteiger partial charge >= 0.3 is 6.09 Å². The van der Waals surface area contributed by atoms with Crippen LogP contribution in [0.1, 0.15) is 52.0 Å². The predicted molar refractivity (Wildman–Crippen MR) is 91.2 cm³/mol. The van der Waals surface area contributed by atoms with Crippen LogP contribution in [0.15, 0.2) is 18.5 Å². The minimum atomic E-state index is -0.732. The lowest BCUT2D eigenvalue weighted by atomic mass is 9.74. The summed E-state index contributed by atoms with van der Waals surface area (Å²) in [5.74, 6) is -0.270. The number of amides is 1. The van der Waals surface area contributed by atoms with Crippen LogP contribution in [-0.4, -0.2) is 38.9 Å². The Balaban J connectivity index is 2.18. The van der Waals surface area contributed by atoms with E-state index in [-0.39, 0.29) is 17.5 Å². The van der Waals surface area contributed by atoms with E-state index < -0.39 is 28.8 Å². The molecular weight excluding hydrogens is 326 g/mol. The third-order valence-electron chi connectivity index (χ3n) is 4.36. The van der Waals surface area contributed by atoms with Gasteiger partial charge in [0.2, 0.25) is 0 Å². The molecule has 1 aliphatic carbocycles. The van der Waals surface area contributed by atoms with Gasteiger partial charge in [-0.05, 0) is 51.5 Å². The molecule has 0 bridgehead atoms. The first-order chi connectivity index (χ1) is 11.6. The molecule has 1 amide bonds. The minimum absolute atomic E-state index is 0.0351. The molecule has 4 atom stereocenters. The summed E-state index contributed by atoms with van der Waals surface area (Å²) in [5, 5.41) is 24.4. The van der Waals surface area contributed by atoms with Gasteiger partial charge in [-0.15, -0.1) is 0 Å². The maximum atomic E-state index is 12.0. The van der Waals surface area contributed by atoms with Crippen LogP contribution in [0.5, 0.6) is 0 Å². The molecule has 2 rings (SSSR count). The van der Waals surface area contributed by atoms with Crippen molar-refractivity contribution in [2.24, 2.45) is 5.92 Å². The lowest BCUT2D eigenvalue weighted by Crippen LogP contribution is -2.51. The largest absolute Gasteiger partial charge is 0.444 e. The summed E-state index contributed by atoms with van der Waals surface area (Å²) in [5.41, 5.74) is -0.0969. The first-order valence-corrected chi connectivity index (χ1v) is 8.34. The maximum Gasteiger partial charge on any atom is 0.407 e. The Bertz CT molecular complexity index is 643. The number of aromatic nitrogens is 1. The van der Waals surface area contributed by atoms with Crippen LogP contribution in [0.3, 0.4) is 0 Å². The van der Waals surface area contributed by atoms with E-state index in [4.69, 9.17) is 4.74 Å². The van der Waals surface area contributed by atoms with Crippen molar-refractivity contribution in [3.63, 3.8) is 0 Å². The molecule has 0 saturated heterocycles. The van der Waals surface area contributed by atoms with Gasteiger partial charge in [0.25, 0.3) is 5.69 Å². The quantitative estimate of drug-likeness (QED) is 0.639. The van der Waals surface area contributed by atoms with E-state index in [1.54, 1.807) is 26.8 Å². The third kappa shape index (κ3) is 4.88. The zero-order valence-electron chi connectivity index (χ0n) is 14.9. The molecule has 1 saturated carbocycles. The molecule has 0 spiro atoms. The highest BCUT2D eigenvalue weighted by Crippen LogP contribution is 2.39. The highest BCUT2D eigenvalue weighted by Gasteiger charge is 2.38. The molecule has 0 aliphatic heterocycles. The van der Waals surface area contributed by atoms with Crippen molar-refractivity contribution in [3.8, 4) is 0 Å². The van der Waals surface area contributed by atoms with E-state index in [2.05, 4.69) is 10.3 Å². The molecule has 1 aliphatic rings. The number of aliphatic hydroxyl groups excluding tert-OH is 1.